The van der Waals surface area contributed by atoms with Gasteiger partial charge in [-0.3, -0.25) is 0 Å². The van der Waals surface area contributed by atoms with E-state index >= 15 is 0 Å². The zero-order chi connectivity index (χ0) is 14.3. The summed E-state index contributed by atoms with van der Waals surface area (Å²) in [6.45, 7) is 4.31. The maximum absolute atomic E-state index is 5.68. The average molecular weight is 283 g/mol. The van der Waals surface area contributed by atoms with Crippen LogP contribution in [0.1, 0.15) is 54.9 Å². The molecule has 2 aliphatic rings. The van der Waals surface area contributed by atoms with E-state index in [1.54, 1.807) is 0 Å². The summed E-state index contributed by atoms with van der Waals surface area (Å²) in [7, 11) is 0. The van der Waals surface area contributed by atoms with Crippen molar-refractivity contribution in [1.29, 1.82) is 0 Å². The first-order chi connectivity index (χ1) is 10.3. The third-order valence-corrected chi connectivity index (χ3v) is 5.30. The van der Waals surface area contributed by atoms with Gasteiger partial charge in [0.2, 0.25) is 5.89 Å². The van der Waals surface area contributed by atoms with Crippen molar-refractivity contribution < 1.29 is 4.52 Å². The largest absolute Gasteiger partial charge is 0.339 e. The number of nitrogens with zero attached hydrogens (tertiary/aromatic N) is 2. The Hall–Kier alpha value is -1.68. The summed E-state index contributed by atoms with van der Waals surface area (Å²) < 4.78 is 5.68. The quantitative estimate of drug-likeness (QED) is 0.941. The standard InChI is InChI=1S/C17H21N3O/c1-2-17(7-9-18-10-8-17)16-19-15(20-21-16)14-11-12-5-3-4-6-13(12)14/h3-6,14,18H,2,7-11H2,1H3. The third kappa shape index (κ3) is 2.01. The van der Waals surface area contributed by atoms with Gasteiger partial charge in [0, 0.05) is 0 Å². The van der Waals surface area contributed by atoms with Gasteiger partial charge in [0.15, 0.2) is 5.82 Å². The number of piperidine rings is 1. The number of hydrogen-bond donors (Lipinski definition) is 1. The van der Waals surface area contributed by atoms with Crippen LogP contribution in [0, 0.1) is 0 Å². The van der Waals surface area contributed by atoms with E-state index in [1.165, 1.54) is 11.1 Å². The zero-order valence-corrected chi connectivity index (χ0v) is 12.4. The number of rotatable bonds is 3. The van der Waals surface area contributed by atoms with E-state index in [2.05, 4.69) is 41.7 Å². The molecule has 1 atom stereocenters. The minimum absolute atomic E-state index is 0.0831. The van der Waals surface area contributed by atoms with Crippen LogP contribution in [-0.4, -0.2) is 23.2 Å². The van der Waals surface area contributed by atoms with E-state index < -0.39 is 0 Å². The van der Waals surface area contributed by atoms with E-state index in [1.807, 2.05) is 0 Å². The lowest BCUT2D eigenvalue weighted by Gasteiger charge is -2.33. The van der Waals surface area contributed by atoms with Gasteiger partial charge in [0.1, 0.15) is 0 Å². The molecular weight excluding hydrogens is 262 g/mol. The highest BCUT2D eigenvalue weighted by Gasteiger charge is 2.39. The van der Waals surface area contributed by atoms with Gasteiger partial charge in [-0.15, -0.1) is 0 Å². The molecule has 4 rings (SSSR count). The highest BCUT2D eigenvalue weighted by Crippen LogP contribution is 2.41. The van der Waals surface area contributed by atoms with Gasteiger partial charge in [-0.05, 0) is 49.9 Å². The Labute approximate surface area is 124 Å². The van der Waals surface area contributed by atoms with Crippen LogP contribution in [0.2, 0.25) is 0 Å². The molecule has 0 saturated carbocycles. The Morgan fingerprint density at radius 2 is 2.10 bits per heavy atom. The molecule has 2 aromatic rings. The number of fused-ring (bicyclic) bond motifs is 1. The molecular formula is C17H21N3O. The summed E-state index contributed by atoms with van der Waals surface area (Å²) in [5, 5.41) is 7.72. The van der Waals surface area contributed by atoms with Gasteiger partial charge < -0.3 is 9.84 Å². The Bertz CT molecular complexity index is 643. The van der Waals surface area contributed by atoms with Crippen LogP contribution in [0.5, 0.6) is 0 Å². The second-order valence-electron chi connectivity index (χ2n) is 6.30. The highest BCUT2D eigenvalue weighted by molar-refractivity contribution is 5.43. The summed E-state index contributed by atoms with van der Waals surface area (Å²) in [6.07, 6.45) is 4.28. The Kier molecular flexibility index (Phi) is 3.07. The monoisotopic (exact) mass is 283 g/mol. The molecule has 4 heteroatoms. The third-order valence-electron chi connectivity index (χ3n) is 5.30. The lowest BCUT2D eigenvalue weighted by Crippen LogP contribution is -2.39. The van der Waals surface area contributed by atoms with Crippen molar-refractivity contribution in [3.05, 3.63) is 47.1 Å². The van der Waals surface area contributed by atoms with E-state index in [-0.39, 0.29) is 5.41 Å². The zero-order valence-electron chi connectivity index (χ0n) is 12.4. The van der Waals surface area contributed by atoms with Crippen molar-refractivity contribution in [3.8, 4) is 0 Å². The number of hydrogen-bond acceptors (Lipinski definition) is 4. The van der Waals surface area contributed by atoms with Crippen molar-refractivity contribution in [2.45, 2.75) is 43.9 Å². The fourth-order valence-corrected chi connectivity index (χ4v) is 3.70. The van der Waals surface area contributed by atoms with Gasteiger partial charge in [-0.2, -0.15) is 4.98 Å². The van der Waals surface area contributed by atoms with Crippen molar-refractivity contribution >= 4 is 0 Å². The first kappa shape index (κ1) is 13.0. The van der Waals surface area contributed by atoms with E-state index in [9.17, 15) is 0 Å². The van der Waals surface area contributed by atoms with Gasteiger partial charge in [-0.25, -0.2) is 0 Å². The second kappa shape index (κ2) is 4.95. The van der Waals surface area contributed by atoms with Gasteiger partial charge in [0.05, 0.1) is 11.3 Å². The van der Waals surface area contributed by atoms with Crippen molar-refractivity contribution in [1.82, 2.24) is 15.5 Å². The van der Waals surface area contributed by atoms with Gasteiger partial charge in [0.25, 0.3) is 0 Å². The summed E-state index contributed by atoms with van der Waals surface area (Å²) in [5.41, 5.74) is 2.86. The van der Waals surface area contributed by atoms with Crippen molar-refractivity contribution in [3.63, 3.8) is 0 Å². The van der Waals surface area contributed by atoms with Crippen LogP contribution < -0.4 is 5.32 Å². The first-order valence-corrected chi connectivity index (χ1v) is 7.95. The Balaban J connectivity index is 1.62. The van der Waals surface area contributed by atoms with Crippen LogP contribution in [0.3, 0.4) is 0 Å². The predicted molar refractivity (Wildman–Crippen MR) is 80.4 cm³/mol. The van der Waals surface area contributed by atoms with Crippen LogP contribution in [-0.2, 0) is 11.8 Å². The first-order valence-electron chi connectivity index (χ1n) is 7.95. The number of nitrogens with one attached hydrogen (secondary N) is 1. The molecule has 4 nitrogen and oxygen atoms in total. The van der Waals surface area contributed by atoms with Gasteiger partial charge >= 0.3 is 0 Å². The highest BCUT2D eigenvalue weighted by atomic mass is 16.5. The second-order valence-corrected chi connectivity index (χ2v) is 6.30. The van der Waals surface area contributed by atoms with Crippen molar-refractivity contribution in [2.75, 3.05) is 13.1 Å². The number of benzene rings is 1. The summed E-state index contributed by atoms with van der Waals surface area (Å²) in [6, 6.07) is 8.55. The molecule has 1 saturated heterocycles. The molecule has 1 aliphatic carbocycles. The maximum atomic E-state index is 5.68. The Morgan fingerprint density at radius 3 is 2.86 bits per heavy atom. The van der Waals surface area contributed by atoms with E-state index in [4.69, 9.17) is 9.51 Å². The lowest BCUT2D eigenvalue weighted by atomic mass is 9.76. The predicted octanol–water partition coefficient (Wildman–Crippen LogP) is 2.79. The molecule has 1 aromatic heterocycles. The molecule has 0 radical (unpaired) electrons. The maximum Gasteiger partial charge on any atom is 0.232 e. The SMILES string of the molecule is CCC1(c2nc(C3Cc4ccccc43)no2)CCNCC1. The van der Waals surface area contributed by atoms with Crippen LogP contribution in [0.4, 0.5) is 0 Å². The molecule has 21 heavy (non-hydrogen) atoms. The molecule has 1 aliphatic heterocycles. The minimum Gasteiger partial charge on any atom is -0.339 e. The molecule has 1 unspecified atom stereocenters. The summed E-state index contributed by atoms with van der Waals surface area (Å²) in [4.78, 5) is 4.79. The fraction of sp³-hybridized carbons (Fsp3) is 0.529. The summed E-state index contributed by atoms with van der Waals surface area (Å²) >= 11 is 0. The molecule has 1 N–H and O–H groups in total. The topological polar surface area (TPSA) is 51.0 Å². The molecule has 110 valence electrons. The Morgan fingerprint density at radius 1 is 1.29 bits per heavy atom. The normalized spacial score (nSPS) is 23.4. The van der Waals surface area contributed by atoms with Gasteiger partial charge in [-0.1, -0.05) is 36.3 Å². The van der Waals surface area contributed by atoms with Crippen LogP contribution in [0.25, 0.3) is 0 Å². The smallest absolute Gasteiger partial charge is 0.232 e. The van der Waals surface area contributed by atoms with Crippen LogP contribution in [0.15, 0.2) is 28.8 Å². The number of aromatic nitrogens is 2. The molecule has 0 amide bonds. The molecule has 1 aromatic carbocycles. The van der Waals surface area contributed by atoms with E-state index in [0.29, 0.717) is 5.92 Å². The molecule has 0 spiro atoms. The lowest BCUT2D eigenvalue weighted by molar-refractivity contribution is 0.216. The van der Waals surface area contributed by atoms with E-state index in [0.717, 1.165) is 50.5 Å². The molecule has 1 fully saturated rings. The molecule has 2 heterocycles. The average Bonchev–Trinajstić information content (AvgIpc) is 2.99. The fourth-order valence-electron chi connectivity index (χ4n) is 3.70. The summed E-state index contributed by atoms with van der Waals surface area (Å²) in [5.74, 6) is 2.05. The molecule has 0 bridgehead atoms. The minimum atomic E-state index is 0.0831. The van der Waals surface area contributed by atoms with Crippen LogP contribution >= 0.6 is 0 Å². The van der Waals surface area contributed by atoms with Crippen molar-refractivity contribution in [2.24, 2.45) is 0 Å².